The Morgan fingerprint density at radius 3 is 1.88 bits per heavy atom. The third-order valence-electron chi connectivity index (χ3n) is 8.16. The third kappa shape index (κ3) is 11.4. The van der Waals surface area contributed by atoms with Crippen LogP contribution in [0.5, 0.6) is 0 Å². The van der Waals surface area contributed by atoms with Crippen LogP contribution in [0.4, 0.5) is 13.2 Å². The molecule has 4 amide bonds. The van der Waals surface area contributed by atoms with Gasteiger partial charge in [-0.3, -0.25) is 19.2 Å². The molecule has 0 aliphatic rings. The molecule has 0 aliphatic carbocycles. The third-order valence-corrected chi connectivity index (χ3v) is 8.16. The highest BCUT2D eigenvalue weighted by Gasteiger charge is 2.45. The molecule has 4 atom stereocenters. The Morgan fingerprint density at radius 2 is 1.34 bits per heavy atom. The van der Waals surface area contributed by atoms with E-state index in [1.807, 2.05) is 30.3 Å². The molecule has 50 heavy (non-hydrogen) atoms. The van der Waals surface area contributed by atoms with Crippen molar-refractivity contribution in [1.29, 1.82) is 0 Å². The lowest BCUT2D eigenvalue weighted by Gasteiger charge is -2.32. The first-order valence-electron chi connectivity index (χ1n) is 16.4. The first kappa shape index (κ1) is 39.7. The van der Waals surface area contributed by atoms with Crippen LogP contribution >= 0.6 is 0 Å². The maximum absolute atomic E-state index is 13.7. The predicted molar refractivity (Wildman–Crippen MR) is 185 cm³/mol. The molecule has 0 aromatic heterocycles. The average Bonchev–Trinajstić information content (AvgIpc) is 3.08. The van der Waals surface area contributed by atoms with Gasteiger partial charge in [0.2, 0.25) is 17.7 Å². The van der Waals surface area contributed by atoms with Crippen LogP contribution in [0.3, 0.4) is 0 Å². The molecular weight excluding hydrogens is 651 g/mol. The molecule has 0 radical (unpaired) electrons. The maximum Gasteiger partial charge on any atom is 0.416 e. The fraction of sp³-hybridized carbons (Fsp3) is 0.405. The van der Waals surface area contributed by atoms with E-state index >= 15 is 0 Å². The zero-order valence-electron chi connectivity index (χ0n) is 28.6. The zero-order valence-corrected chi connectivity index (χ0v) is 28.6. The largest absolute Gasteiger partial charge is 0.416 e. The van der Waals surface area contributed by atoms with Crippen LogP contribution < -0.4 is 27.0 Å². The van der Waals surface area contributed by atoms with E-state index in [0.29, 0.717) is 11.1 Å². The van der Waals surface area contributed by atoms with Crippen molar-refractivity contribution in [3.8, 4) is 11.1 Å². The Bertz CT molecular complexity index is 1570. The van der Waals surface area contributed by atoms with Crippen LogP contribution in [0, 0.1) is 5.92 Å². The normalized spacial score (nSPS) is 14.2. The topological polar surface area (TPSA) is 163 Å². The fourth-order valence-corrected chi connectivity index (χ4v) is 5.20. The smallest absolute Gasteiger partial charge is 0.382 e. The summed E-state index contributed by atoms with van der Waals surface area (Å²) < 4.78 is 40.0. The van der Waals surface area contributed by atoms with Gasteiger partial charge in [0.15, 0.2) is 6.10 Å². The summed E-state index contributed by atoms with van der Waals surface area (Å²) in [7, 11) is 0. The standard InChI is InChI=1S/C37H46F3N5O5/c1-23(2)30(44-32(47)27-19-17-26(18-20-27)25-14-9-6-10-15-25)34(49)42-29(22-24-12-7-5-8-13-24)33(48)45-36(3,4)35(50)43-28(16-11-21-41)31(46)37(38,39)40/h5-10,12-15,17-20,23,28-31,46H,11,16,21-22,41H2,1-4H3,(H,42,49)(H,43,50)(H,44,47)(H,45,48)/t28?,29?,30-,31?/m0/s1. The van der Waals surface area contributed by atoms with Gasteiger partial charge in [-0.2, -0.15) is 13.2 Å². The molecule has 0 aliphatic heterocycles. The minimum absolute atomic E-state index is 0.00172. The summed E-state index contributed by atoms with van der Waals surface area (Å²) in [5.74, 6) is -3.31. The lowest BCUT2D eigenvalue weighted by atomic mass is 9.97. The van der Waals surface area contributed by atoms with Crippen LogP contribution in [0.15, 0.2) is 84.9 Å². The van der Waals surface area contributed by atoms with E-state index in [9.17, 15) is 37.5 Å². The highest BCUT2D eigenvalue weighted by molar-refractivity contribution is 5.99. The first-order valence-corrected chi connectivity index (χ1v) is 16.4. The van der Waals surface area contributed by atoms with Crippen LogP contribution in [0.2, 0.25) is 0 Å². The summed E-state index contributed by atoms with van der Waals surface area (Å²) in [6.07, 6.45) is -8.00. The predicted octanol–water partition coefficient (Wildman–Crippen LogP) is 3.88. The van der Waals surface area contributed by atoms with E-state index in [1.165, 1.54) is 13.8 Å². The number of hydrogen-bond donors (Lipinski definition) is 6. The van der Waals surface area contributed by atoms with E-state index in [2.05, 4.69) is 21.3 Å². The molecule has 0 saturated heterocycles. The number of rotatable bonds is 16. The van der Waals surface area contributed by atoms with Gasteiger partial charge in [-0.1, -0.05) is 86.6 Å². The minimum Gasteiger partial charge on any atom is -0.382 e. The van der Waals surface area contributed by atoms with Gasteiger partial charge >= 0.3 is 6.18 Å². The van der Waals surface area contributed by atoms with Crippen molar-refractivity contribution in [2.24, 2.45) is 11.7 Å². The van der Waals surface area contributed by atoms with Crippen LogP contribution in [0.25, 0.3) is 11.1 Å². The number of carbonyl (C=O) groups excluding carboxylic acids is 4. The molecule has 3 aromatic rings. The fourth-order valence-electron chi connectivity index (χ4n) is 5.20. The summed E-state index contributed by atoms with van der Waals surface area (Å²) in [5.41, 5.74) is 6.57. The lowest BCUT2D eigenvalue weighted by molar-refractivity contribution is -0.213. The van der Waals surface area contributed by atoms with E-state index in [1.54, 1.807) is 68.4 Å². The molecule has 0 saturated carbocycles. The average molecular weight is 698 g/mol. The van der Waals surface area contributed by atoms with Crippen LogP contribution in [-0.4, -0.2) is 71.2 Å². The highest BCUT2D eigenvalue weighted by atomic mass is 19.4. The van der Waals surface area contributed by atoms with E-state index in [-0.39, 0.29) is 25.8 Å². The number of alkyl halides is 3. The van der Waals surface area contributed by atoms with E-state index < -0.39 is 65.5 Å². The molecule has 10 nitrogen and oxygen atoms in total. The Labute approximate surface area is 290 Å². The summed E-state index contributed by atoms with van der Waals surface area (Å²) >= 11 is 0. The molecule has 270 valence electrons. The van der Waals surface area contributed by atoms with Gasteiger partial charge in [0, 0.05) is 12.0 Å². The first-order chi connectivity index (χ1) is 23.5. The Balaban J connectivity index is 1.78. The summed E-state index contributed by atoms with van der Waals surface area (Å²) in [6.45, 7) is 6.10. The Hall–Kier alpha value is -4.75. The number of benzene rings is 3. The van der Waals surface area contributed by atoms with Gasteiger partial charge in [-0.15, -0.1) is 0 Å². The second-order valence-electron chi connectivity index (χ2n) is 13.0. The molecular formula is C37H46F3N5O5. The van der Waals surface area contributed by atoms with E-state index in [4.69, 9.17) is 5.73 Å². The van der Waals surface area contributed by atoms with Crippen molar-refractivity contribution in [1.82, 2.24) is 21.3 Å². The van der Waals surface area contributed by atoms with E-state index in [0.717, 1.165) is 11.1 Å². The number of aliphatic hydroxyl groups excluding tert-OH is 1. The molecule has 0 fully saturated rings. The highest BCUT2D eigenvalue weighted by Crippen LogP contribution is 2.25. The van der Waals surface area contributed by atoms with Crippen molar-refractivity contribution in [3.63, 3.8) is 0 Å². The molecule has 3 unspecified atom stereocenters. The summed E-state index contributed by atoms with van der Waals surface area (Å²) in [4.78, 5) is 53.8. The van der Waals surface area contributed by atoms with Crippen molar-refractivity contribution in [2.75, 3.05) is 6.54 Å². The number of nitrogens with two attached hydrogens (primary N) is 1. The zero-order chi connectivity index (χ0) is 37.1. The summed E-state index contributed by atoms with van der Waals surface area (Å²) in [5, 5.41) is 20.1. The van der Waals surface area contributed by atoms with Crippen molar-refractivity contribution >= 4 is 23.6 Å². The molecule has 0 spiro atoms. The second kappa shape index (κ2) is 17.8. The van der Waals surface area contributed by atoms with Gasteiger partial charge in [0.05, 0.1) is 6.04 Å². The maximum atomic E-state index is 13.7. The van der Waals surface area contributed by atoms with Gasteiger partial charge in [0.25, 0.3) is 5.91 Å². The summed E-state index contributed by atoms with van der Waals surface area (Å²) in [6, 6.07) is 21.3. The van der Waals surface area contributed by atoms with Gasteiger partial charge < -0.3 is 32.1 Å². The molecule has 3 rings (SSSR count). The number of aliphatic hydroxyl groups is 1. The van der Waals surface area contributed by atoms with Crippen LogP contribution in [0.1, 0.15) is 56.5 Å². The Kier molecular flexibility index (Phi) is 14.1. The van der Waals surface area contributed by atoms with Crippen molar-refractivity contribution < 1.29 is 37.5 Å². The Morgan fingerprint density at radius 1 is 0.780 bits per heavy atom. The van der Waals surface area contributed by atoms with Crippen molar-refractivity contribution in [3.05, 3.63) is 96.1 Å². The molecule has 7 N–H and O–H groups in total. The number of halogens is 3. The molecule has 0 bridgehead atoms. The number of hydrogen-bond acceptors (Lipinski definition) is 6. The SMILES string of the molecule is CC(C)[C@H](NC(=O)c1ccc(-c2ccccc2)cc1)C(=O)NC(Cc1ccccc1)C(=O)NC(C)(C)C(=O)NC(CCCN)C(O)C(F)(F)F. The van der Waals surface area contributed by atoms with Gasteiger partial charge in [0.1, 0.15) is 17.6 Å². The molecule has 0 heterocycles. The van der Waals surface area contributed by atoms with Crippen molar-refractivity contribution in [2.45, 2.75) is 82.9 Å². The second-order valence-corrected chi connectivity index (χ2v) is 13.0. The van der Waals surface area contributed by atoms with Gasteiger partial charge in [-0.05, 0) is 68.0 Å². The number of carbonyl (C=O) groups is 4. The minimum atomic E-state index is -5.00. The number of nitrogens with one attached hydrogen (secondary N) is 4. The molecule has 13 heteroatoms. The lowest BCUT2D eigenvalue weighted by Crippen LogP contribution is -2.63. The molecule has 3 aromatic carbocycles. The number of amides is 4. The van der Waals surface area contributed by atoms with Crippen LogP contribution in [-0.2, 0) is 20.8 Å². The van der Waals surface area contributed by atoms with Gasteiger partial charge in [-0.25, -0.2) is 0 Å². The monoisotopic (exact) mass is 697 g/mol. The quantitative estimate of drug-likeness (QED) is 0.133.